The number of para-hydroxylation sites is 1. The van der Waals surface area contributed by atoms with E-state index in [-0.39, 0.29) is 23.6 Å². The summed E-state index contributed by atoms with van der Waals surface area (Å²) < 4.78 is 0. The summed E-state index contributed by atoms with van der Waals surface area (Å²) in [5.41, 5.74) is 10.6. The molecule has 0 unspecified atom stereocenters. The number of primary amides is 1. The Bertz CT molecular complexity index is 486. The Kier molecular flexibility index (Phi) is 4.19. The average molecular weight is 270 g/mol. The highest BCUT2D eigenvalue weighted by Crippen LogP contribution is 2.23. The Hall–Kier alpha value is -1.75. The Morgan fingerprint density at radius 2 is 2.00 bits per heavy atom. The Morgan fingerprint density at radius 1 is 1.39 bits per heavy atom. The van der Waals surface area contributed by atoms with Gasteiger partial charge in [0, 0.05) is 12.0 Å². The highest BCUT2D eigenvalue weighted by Gasteiger charge is 2.24. The molecule has 0 heterocycles. The van der Waals surface area contributed by atoms with Gasteiger partial charge in [-0.3, -0.25) is 9.59 Å². The predicted octanol–water partition coefficient (Wildman–Crippen LogP) is 1.31. The molecule has 18 heavy (non-hydrogen) atoms. The molecule has 0 bridgehead atoms. The van der Waals surface area contributed by atoms with Crippen molar-refractivity contribution in [2.75, 3.05) is 5.73 Å². The number of nitrogens with one attached hydrogen (secondary N) is 1. The molecule has 0 saturated carbocycles. The van der Waals surface area contributed by atoms with Crippen LogP contribution in [0.1, 0.15) is 30.6 Å². The van der Waals surface area contributed by atoms with Gasteiger partial charge in [0.1, 0.15) is 0 Å². The van der Waals surface area contributed by atoms with Crippen molar-refractivity contribution in [2.45, 2.75) is 25.8 Å². The first-order valence-electron chi connectivity index (χ1n) is 5.38. The molecule has 0 fully saturated rings. The van der Waals surface area contributed by atoms with Crippen molar-refractivity contribution in [3.8, 4) is 0 Å². The molecule has 0 atom stereocenters. The van der Waals surface area contributed by atoms with Crippen molar-refractivity contribution in [3.63, 3.8) is 0 Å². The van der Waals surface area contributed by atoms with Gasteiger partial charge in [0.05, 0.1) is 16.3 Å². The summed E-state index contributed by atoms with van der Waals surface area (Å²) >= 11 is 5.83. The van der Waals surface area contributed by atoms with E-state index in [9.17, 15) is 9.59 Å². The third-order valence-corrected chi connectivity index (χ3v) is 2.70. The maximum Gasteiger partial charge on any atom is 0.253 e. The number of amides is 2. The van der Waals surface area contributed by atoms with Crippen LogP contribution in [-0.2, 0) is 4.79 Å². The summed E-state index contributed by atoms with van der Waals surface area (Å²) in [7, 11) is 0. The van der Waals surface area contributed by atoms with Gasteiger partial charge in [0.15, 0.2) is 0 Å². The molecule has 0 aliphatic carbocycles. The highest BCUT2D eigenvalue weighted by atomic mass is 35.5. The molecule has 1 rings (SSSR count). The maximum absolute atomic E-state index is 12.0. The lowest BCUT2D eigenvalue weighted by Gasteiger charge is -2.25. The van der Waals surface area contributed by atoms with Gasteiger partial charge in [-0.1, -0.05) is 17.7 Å². The van der Waals surface area contributed by atoms with E-state index in [0.29, 0.717) is 5.02 Å². The predicted molar refractivity (Wildman–Crippen MR) is 71.2 cm³/mol. The summed E-state index contributed by atoms with van der Waals surface area (Å²) in [5, 5.41) is 3.01. The summed E-state index contributed by atoms with van der Waals surface area (Å²) in [6, 6.07) is 4.80. The molecule has 0 aromatic heterocycles. The summed E-state index contributed by atoms with van der Waals surface area (Å²) in [6.07, 6.45) is 0.0409. The molecule has 0 saturated heterocycles. The van der Waals surface area contributed by atoms with Gasteiger partial charge >= 0.3 is 0 Å². The van der Waals surface area contributed by atoms with Gasteiger partial charge in [-0.15, -0.1) is 0 Å². The largest absolute Gasteiger partial charge is 0.397 e. The number of nitrogen functional groups attached to an aromatic ring is 1. The molecule has 0 spiro atoms. The molecular formula is C12H16ClN3O2. The van der Waals surface area contributed by atoms with Gasteiger partial charge in [-0.25, -0.2) is 0 Å². The molecule has 98 valence electrons. The summed E-state index contributed by atoms with van der Waals surface area (Å²) in [4.78, 5) is 22.9. The normalized spacial score (nSPS) is 11.1. The molecule has 2 amide bonds. The molecule has 5 nitrogen and oxygen atoms in total. The zero-order valence-corrected chi connectivity index (χ0v) is 11.0. The minimum Gasteiger partial charge on any atom is -0.397 e. The van der Waals surface area contributed by atoms with Crippen molar-refractivity contribution in [1.29, 1.82) is 0 Å². The van der Waals surface area contributed by atoms with Crippen LogP contribution in [0.4, 0.5) is 5.69 Å². The molecule has 6 heteroatoms. The standard InChI is InChI=1S/C12H16ClN3O2/c1-12(2,6-9(14)17)16-11(18)7-4-3-5-8(13)10(7)15/h3-5H,6,15H2,1-2H3,(H2,14,17)(H,16,18). The van der Waals surface area contributed by atoms with E-state index in [4.69, 9.17) is 23.1 Å². The zero-order chi connectivity index (χ0) is 13.9. The van der Waals surface area contributed by atoms with E-state index in [1.54, 1.807) is 32.0 Å². The van der Waals surface area contributed by atoms with Crippen molar-refractivity contribution >= 4 is 29.1 Å². The van der Waals surface area contributed by atoms with Crippen LogP contribution in [0.25, 0.3) is 0 Å². The number of hydrogen-bond acceptors (Lipinski definition) is 3. The third-order valence-electron chi connectivity index (χ3n) is 2.37. The minimum absolute atomic E-state index is 0.0409. The number of anilines is 1. The average Bonchev–Trinajstić information content (AvgIpc) is 2.18. The maximum atomic E-state index is 12.0. The lowest BCUT2D eigenvalue weighted by atomic mass is 9.99. The fourth-order valence-corrected chi connectivity index (χ4v) is 1.76. The second-order valence-corrected chi connectivity index (χ2v) is 5.09. The molecule has 1 aromatic rings. The monoisotopic (exact) mass is 269 g/mol. The van der Waals surface area contributed by atoms with E-state index in [0.717, 1.165) is 0 Å². The quantitative estimate of drug-likeness (QED) is 0.719. The van der Waals surface area contributed by atoms with E-state index in [1.807, 2.05) is 0 Å². The van der Waals surface area contributed by atoms with E-state index in [1.165, 1.54) is 0 Å². The number of hydrogen-bond donors (Lipinski definition) is 3. The van der Waals surface area contributed by atoms with Crippen LogP contribution >= 0.6 is 11.6 Å². The fraction of sp³-hybridized carbons (Fsp3) is 0.333. The SMILES string of the molecule is CC(C)(CC(N)=O)NC(=O)c1cccc(Cl)c1N. The number of carbonyl (C=O) groups excluding carboxylic acids is 2. The van der Waals surface area contributed by atoms with Crippen molar-refractivity contribution < 1.29 is 9.59 Å². The molecular weight excluding hydrogens is 254 g/mol. The zero-order valence-electron chi connectivity index (χ0n) is 10.3. The third kappa shape index (κ3) is 3.63. The lowest BCUT2D eigenvalue weighted by Crippen LogP contribution is -2.46. The first kappa shape index (κ1) is 14.3. The number of carbonyl (C=O) groups is 2. The number of nitrogens with two attached hydrogens (primary N) is 2. The van der Waals surface area contributed by atoms with Crippen molar-refractivity contribution in [2.24, 2.45) is 5.73 Å². The van der Waals surface area contributed by atoms with Gasteiger partial charge in [-0.05, 0) is 26.0 Å². The van der Waals surface area contributed by atoms with Crippen LogP contribution in [0.15, 0.2) is 18.2 Å². The second-order valence-electron chi connectivity index (χ2n) is 4.68. The number of halogens is 1. The van der Waals surface area contributed by atoms with Crippen LogP contribution in [0.2, 0.25) is 5.02 Å². The minimum atomic E-state index is -0.738. The molecule has 0 radical (unpaired) electrons. The van der Waals surface area contributed by atoms with Gasteiger partial charge in [0.2, 0.25) is 5.91 Å². The van der Waals surface area contributed by atoms with Crippen LogP contribution in [0, 0.1) is 0 Å². The Balaban J connectivity index is 2.89. The number of rotatable bonds is 4. The van der Waals surface area contributed by atoms with Crippen LogP contribution in [-0.4, -0.2) is 17.4 Å². The van der Waals surface area contributed by atoms with Crippen LogP contribution in [0.3, 0.4) is 0 Å². The van der Waals surface area contributed by atoms with Gasteiger partial charge in [-0.2, -0.15) is 0 Å². The first-order valence-corrected chi connectivity index (χ1v) is 5.75. The smallest absolute Gasteiger partial charge is 0.253 e. The van der Waals surface area contributed by atoms with Gasteiger partial charge in [0.25, 0.3) is 5.91 Å². The van der Waals surface area contributed by atoms with E-state index < -0.39 is 11.4 Å². The van der Waals surface area contributed by atoms with Crippen molar-refractivity contribution in [3.05, 3.63) is 28.8 Å². The van der Waals surface area contributed by atoms with E-state index >= 15 is 0 Å². The topological polar surface area (TPSA) is 98.2 Å². The van der Waals surface area contributed by atoms with Crippen molar-refractivity contribution in [1.82, 2.24) is 5.32 Å². The van der Waals surface area contributed by atoms with Crippen LogP contribution in [0.5, 0.6) is 0 Å². The fourth-order valence-electron chi connectivity index (χ4n) is 1.59. The first-order chi connectivity index (χ1) is 8.23. The Labute approximate surface area is 110 Å². The summed E-state index contributed by atoms with van der Waals surface area (Å²) in [5.74, 6) is -0.874. The second kappa shape index (κ2) is 5.27. The van der Waals surface area contributed by atoms with E-state index in [2.05, 4.69) is 5.32 Å². The molecule has 0 aliphatic rings. The lowest BCUT2D eigenvalue weighted by molar-refractivity contribution is -0.119. The van der Waals surface area contributed by atoms with Crippen LogP contribution < -0.4 is 16.8 Å². The molecule has 1 aromatic carbocycles. The molecule has 5 N–H and O–H groups in total. The summed E-state index contributed by atoms with van der Waals surface area (Å²) in [6.45, 7) is 3.41. The highest BCUT2D eigenvalue weighted by molar-refractivity contribution is 6.33. The van der Waals surface area contributed by atoms with Gasteiger partial charge < -0.3 is 16.8 Å². The Morgan fingerprint density at radius 3 is 2.56 bits per heavy atom. The molecule has 0 aliphatic heterocycles. The number of benzene rings is 1.